The average molecular weight is 394 g/mol. The van der Waals surface area contributed by atoms with Gasteiger partial charge in [-0.25, -0.2) is 15.0 Å². The number of anilines is 1. The maximum atomic E-state index is 12.5. The van der Waals surface area contributed by atoms with Gasteiger partial charge in [0.05, 0.1) is 25.2 Å². The summed E-state index contributed by atoms with van der Waals surface area (Å²) in [7, 11) is 0. The molecule has 10 nitrogen and oxygen atoms in total. The lowest BCUT2D eigenvalue weighted by Crippen LogP contribution is -2.40. The molecule has 156 valence electrons. The van der Waals surface area contributed by atoms with Crippen molar-refractivity contribution in [3.05, 3.63) is 17.5 Å². The van der Waals surface area contributed by atoms with E-state index in [4.69, 9.17) is 4.74 Å². The Morgan fingerprint density at radius 3 is 3.00 bits per heavy atom. The summed E-state index contributed by atoms with van der Waals surface area (Å²) in [5.74, 6) is -0.597. The van der Waals surface area contributed by atoms with Crippen LogP contribution in [0.25, 0.3) is 0 Å². The van der Waals surface area contributed by atoms with Crippen LogP contribution in [0.1, 0.15) is 50.0 Å². The summed E-state index contributed by atoms with van der Waals surface area (Å²) in [6.45, 7) is 6.05. The Balaban J connectivity index is 1.93. The van der Waals surface area contributed by atoms with E-state index in [1.807, 2.05) is 6.92 Å². The van der Waals surface area contributed by atoms with Crippen LogP contribution in [0.15, 0.2) is 6.20 Å². The van der Waals surface area contributed by atoms with Crippen LogP contribution in [0, 0.1) is 12.8 Å². The third-order valence-electron chi connectivity index (χ3n) is 4.65. The summed E-state index contributed by atoms with van der Waals surface area (Å²) < 4.78 is 5.72. The standard InChI is InChI=1S/C18H30N6O4/c1-3-4-5-6-14(11-24(27)12-25)17(26)22-23-18-20-9-15(13(2)21-18)16-10-19-7-8-28-16/h9,12,14,16,19,27H,3-8,10-11H2,1-2H3,(H,22,26)(H,20,21,23)/t14?,16-/m0/s1. The Morgan fingerprint density at radius 2 is 2.36 bits per heavy atom. The number of hydroxylamine groups is 2. The Bertz CT molecular complexity index is 639. The van der Waals surface area contributed by atoms with Crippen molar-refractivity contribution in [3.8, 4) is 0 Å². The van der Waals surface area contributed by atoms with Crippen LogP contribution >= 0.6 is 0 Å². The van der Waals surface area contributed by atoms with Gasteiger partial charge in [0.1, 0.15) is 0 Å². The van der Waals surface area contributed by atoms with E-state index in [1.165, 1.54) is 0 Å². The Hall–Kier alpha value is -2.30. The van der Waals surface area contributed by atoms with Gasteiger partial charge in [-0.3, -0.25) is 25.6 Å². The van der Waals surface area contributed by atoms with E-state index in [0.29, 0.717) is 31.0 Å². The third-order valence-corrected chi connectivity index (χ3v) is 4.65. The zero-order chi connectivity index (χ0) is 20.4. The molecule has 1 aliphatic rings. The molecule has 2 amide bonds. The fraction of sp³-hybridized carbons (Fsp3) is 0.667. The van der Waals surface area contributed by atoms with Crippen LogP contribution in [0.2, 0.25) is 0 Å². The number of nitrogens with one attached hydrogen (secondary N) is 3. The number of nitrogens with zero attached hydrogens (tertiary/aromatic N) is 3. The minimum absolute atomic E-state index is 0.0639. The quantitative estimate of drug-likeness (QED) is 0.189. The molecule has 28 heavy (non-hydrogen) atoms. The highest BCUT2D eigenvalue weighted by atomic mass is 16.5. The number of hydrogen-bond donors (Lipinski definition) is 4. The molecular weight excluding hydrogens is 364 g/mol. The number of rotatable bonds is 11. The zero-order valence-electron chi connectivity index (χ0n) is 16.5. The maximum absolute atomic E-state index is 12.5. The van der Waals surface area contributed by atoms with Crippen LogP contribution in [0.5, 0.6) is 0 Å². The molecule has 2 rings (SSSR count). The molecule has 0 aliphatic carbocycles. The van der Waals surface area contributed by atoms with Crippen LogP contribution in [0.4, 0.5) is 5.95 Å². The van der Waals surface area contributed by atoms with Crippen molar-refractivity contribution in [2.45, 2.75) is 45.6 Å². The molecule has 0 bridgehead atoms. The smallest absolute Gasteiger partial charge is 0.243 e. The highest BCUT2D eigenvalue weighted by Gasteiger charge is 2.22. The van der Waals surface area contributed by atoms with Crippen molar-refractivity contribution in [1.82, 2.24) is 25.8 Å². The van der Waals surface area contributed by atoms with Crippen LogP contribution in [-0.2, 0) is 14.3 Å². The minimum atomic E-state index is -0.531. The highest BCUT2D eigenvalue weighted by Crippen LogP contribution is 2.21. The lowest BCUT2D eigenvalue weighted by atomic mass is 10.0. The first-order chi connectivity index (χ1) is 13.5. The first-order valence-electron chi connectivity index (χ1n) is 9.67. The van der Waals surface area contributed by atoms with Gasteiger partial charge in [0.2, 0.25) is 18.3 Å². The number of aryl methyl sites for hydroxylation is 1. The molecule has 1 fully saturated rings. The largest absolute Gasteiger partial charge is 0.371 e. The fourth-order valence-corrected chi connectivity index (χ4v) is 3.05. The van der Waals surface area contributed by atoms with E-state index in [-0.39, 0.29) is 24.5 Å². The van der Waals surface area contributed by atoms with Crippen molar-refractivity contribution in [3.63, 3.8) is 0 Å². The van der Waals surface area contributed by atoms with Crippen molar-refractivity contribution >= 4 is 18.3 Å². The first kappa shape index (κ1) is 22.0. The summed E-state index contributed by atoms with van der Waals surface area (Å²) in [6, 6.07) is 0. The summed E-state index contributed by atoms with van der Waals surface area (Å²) in [6.07, 6.45) is 5.29. The number of unbranched alkanes of at least 4 members (excludes halogenated alkanes) is 2. The Kier molecular flexibility index (Phi) is 9.05. The first-order valence-corrected chi connectivity index (χ1v) is 9.67. The van der Waals surface area contributed by atoms with E-state index in [0.717, 1.165) is 37.1 Å². The number of morpholine rings is 1. The SMILES string of the molecule is CCCCCC(CN(O)C=O)C(=O)NNc1ncc([C@@H]2CNCCO2)c(C)n1. The topological polar surface area (TPSA) is 129 Å². The molecule has 4 N–H and O–H groups in total. The number of aromatic nitrogens is 2. The Labute approximate surface area is 165 Å². The summed E-state index contributed by atoms with van der Waals surface area (Å²) in [5, 5.41) is 13.2. The number of hydrazine groups is 1. The van der Waals surface area contributed by atoms with Crippen LogP contribution in [-0.4, -0.2) is 58.8 Å². The van der Waals surface area contributed by atoms with Gasteiger partial charge in [0.15, 0.2) is 0 Å². The third kappa shape index (κ3) is 6.70. The number of carbonyl (C=O) groups excluding carboxylic acids is 2. The second-order valence-corrected chi connectivity index (χ2v) is 6.83. The molecule has 1 aliphatic heterocycles. The zero-order valence-corrected chi connectivity index (χ0v) is 16.5. The predicted molar refractivity (Wildman–Crippen MR) is 102 cm³/mol. The van der Waals surface area contributed by atoms with E-state index < -0.39 is 5.92 Å². The molecule has 0 radical (unpaired) electrons. The van der Waals surface area contributed by atoms with Gasteiger partial charge >= 0.3 is 0 Å². The maximum Gasteiger partial charge on any atom is 0.243 e. The molecule has 1 unspecified atom stereocenters. The lowest BCUT2D eigenvalue weighted by molar-refractivity contribution is -0.154. The summed E-state index contributed by atoms with van der Waals surface area (Å²) in [5.41, 5.74) is 6.95. The minimum Gasteiger partial charge on any atom is -0.371 e. The van der Waals surface area contributed by atoms with Gasteiger partial charge in [-0.1, -0.05) is 26.2 Å². The molecular formula is C18H30N6O4. The number of ether oxygens (including phenoxy) is 1. The lowest BCUT2D eigenvalue weighted by Gasteiger charge is -2.24. The molecule has 2 atom stereocenters. The Morgan fingerprint density at radius 1 is 1.54 bits per heavy atom. The van der Waals surface area contributed by atoms with E-state index >= 15 is 0 Å². The van der Waals surface area contributed by atoms with E-state index in [9.17, 15) is 14.8 Å². The van der Waals surface area contributed by atoms with Gasteiger partial charge in [-0.15, -0.1) is 0 Å². The second kappa shape index (κ2) is 11.5. The van der Waals surface area contributed by atoms with Gasteiger partial charge in [0, 0.05) is 30.5 Å². The normalized spacial score (nSPS) is 17.6. The predicted octanol–water partition coefficient (Wildman–Crippen LogP) is 0.933. The van der Waals surface area contributed by atoms with E-state index in [2.05, 4.69) is 33.1 Å². The summed E-state index contributed by atoms with van der Waals surface area (Å²) >= 11 is 0. The average Bonchev–Trinajstić information content (AvgIpc) is 2.72. The highest BCUT2D eigenvalue weighted by molar-refractivity contribution is 5.80. The fourth-order valence-electron chi connectivity index (χ4n) is 3.05. The number of carbonyl (C=O) groups is 2. The molecule has 1 saturated heterocycles. The van der Waals surface area contributed by atoms with Crippen LogP contribution < -0.4 is 16.2 Å². The number of hydrogen-bond acceptors (Lipinski definition) is 8. The van der Waals surface area contributed by atoms with Gasteiger partial charge < -0.3 is 10.1 Å². The van der Waals surface area contributed by atoms with Crippen molar-refractivity contribution in [2.24, 2.45) is 5.92 Å². The van der Waals surface area contributed by atoms with Gasteiger partial charge in [-0.05, 0) is 13.3 Å². The molecule has 1 aromatic rings. The van der Waals surface area contributed by atoms with Crippen molar-refractivity contribution in [1.29, 1.82) is 0 Å². The number of amides is 2. The molecule has 0 aromatic carbocycles. The molecule has 2 heterocycles. The summed E-state index contributed by atoms with van der Waals surface area (Å²) in [4.78, 5) is 31.7. The van der Waals surface area contributed by atoms with Crippen molar-refractivity contribution in [2.75, 3.05) is 31.7 Å². The molecule has 1 aromatic heterocycles. The monoisotopic (exact) mass is 394 g/mol. The van der Waals surface area contributed by atoms with Gasteiger partial charge in [-0.2, -0.15) is 0 Å². The second-order valence-electron chi connectivity index (χ2n) is 6.83. The molecule has 0 spiro atoms. The van der Waals surface area contributed by atoms with Crippen LogP contribution in [0.3, 0.4) is 0 Å². The van der Waals surface area contributed by atoms with E-state index in [1.54, 1.807) is 6.20 Å². The van der Waals surface area contributed by atoms with Crippen molar-refractivity contribution < 1.29 is 19.5 Å². The van der Waals surface area contributed by atoms with Gasteiger partial charge in [0.25, 0.3) is 0 Å². The molecule has 0 saturated carbocycles. The molecule has 10 heteroatoms.